The predicted molar refractivity (Wildman–Crippen MR) is 74.7 cm³/mol. The summed E-state index contributed by atoms with van der Waals surface area (Å²) in [5.41, 5.74) is 12.3. The zero-order valence-electron chi connectivity index (χ0n) is 10.7. The van der Waals surface area contributed by atoms with Crippen LogP contribution in [0.4, 0.5) is 5.82 Å². The second kappa shape index (κ2) is 5.45. The second-order valence-electron chi connectivity index (χ2n) is 4.32. The van der Waals surface area contributed by atoms with Gasteiger partial charge in [-0.2, -0.15) is 5.10 Å². The molecular weight excluding hydrogens is 264 g/mol. The molecule has 5 N–H and O–H groups in total. The molecule has 0 aromatic carbocycles. The number of aromatic amines is 1. The Morgan fingerprint density at radius 2 is 2.26 bits per heavy atom. The summed E-state index contributed by atoms with van der Waals surface area (Å²) in [7, 11) is 1.84. The van der Waals surface area contributed by atoms with E-state index in [-0.39, 0.29) is 22.7 Å². The first kappa shape index (κ1) is 13.6. The number of rotatable bonds is 4. The molecule has 2 unspecified atom stereocenters. The molecule has 0 saturated heterocycles. The number of aromatic nitrogens is 4. The van der Waals surface area contributed by atoms with Crippen LogP contribution in [0, 0.1) is 0 Å². The molecule has 0 saturated carbocycles. The van der Waals surface area contributed by atoms with Crippen LogP contribution in [0.1, 0.15) is 17.7 Å². The fourth-order valence-corrected chi connectivity index (χ4v) is 2.73. The summed E-state index contributed by atoms with van der Waals surface area (Å²) < 4.78 is 1.71. The Morgan fingerprint density at radius 3 is 2.79 bits per heavy atom. The number of hydrogen-bond acceptors (Lipinski definition) is 6. The number of hydrogen-bond donors (Lipinski definition) is 3. The van der Waals surface area contributed by atoms with Gasteiger partial charge in [0.15, 0.2) is 5.16 Å². The van der Waals surface area contributed by atoms with Crippen molar-refractivity contribution in [3.05, 3.63) is 34.4 Å². The molecule has 8 heteroatoms. The predicted octanol–water partition coefficient (Wildman–Crippen LogP) is 0.266. The van der Waals surface area contributed by atoms with Gasteiger partial charge in [0.1, 0.15) is 5.82 Å². The molecule has 2 aromatic heterocycles. The number of H-pyrrole nitrogens is 1. The lowest BCUT2D eigenvalue weighted by Gasteiger charge is -2.18. The zero-order chi connectivity index (χ0) is 14.0. The van der Waals surface area contributed by atoms with Crippen molar-refractivity contribution in [3.8, 4) is 0 Å². The van der Waals surface area contributed by atoms with Gasteiger partial charge < -0.3 is 16.5 Å². The molecule has 0 aliphatic rings. The second-order valence-corrected chi connectivity index (χ2v) is 5.45. The Bertz CT molecular complexity index is 620. The highest BCUT2D eigenvalue weighted by atomic mass is 32.2. The maximum Gasteiger partial charge on any atom is 0.253 e. The van der Waals surface area contributed by atoms with Crippen molar-refractivity contribution in [2.45, 2.75) is 23.4 Å². The molecule has 2 aromatic rings. The first-order chi connectivity index (χ1) is 8.95. The van der Waals surface area contributed by atoms with Crippen molar-refractivity contribution in [1.82, 2.24) is 19.7 Å². The minimum absolute atomic E-state index is 0.0568. The van der Waals surface area contributed by atoms with Crippen LogP contribution >= 0.6 is 11.8 Å². The van der Waals surface area contributed by atoms with Crippen LogP contribution in [0.15, 0.2) is 28.4 Å². The van der Waals surface area contributed by atoms with E-state index in [2.05, 4.69) is 15.1 Å². The standard InChI is InChI=1S/C11H16N6OS/c1-6(12)10(7-4-14-17(2)5-7)19-11-15-8(13)3-9(18)16-11/h3-6,10H,12H2,1-2H3,(H3,13,15,16,18). The number of thioether (sulfide) groups is 1. The lowest BCUT2D eigenvalue weighted by Crippen LogP contribution is -2.23. The molecule has 0 aliphatic heterocycles. The molecule has 0 fully saturated rings. The van der Waals surface area contributed by atoms with Crippen LogP contribution in [-0.2, 0) is 7.05 Å². The molecule has 2 rings (SSSR count). The van der Waals surface area contributed by atoms with Crippen LogP contribution in [-0.4, -0.2) is 25.8 Å². The Kier molecular flexibility index (Phi) is 3.91. The van der Waals surface area contributed by atoms with E-state index in [0.29, 0.717) is 5.16 Å². The number of nitrogens with one attached hydrogen (secondary N) is 1. The van der Waals surface area contributed by atoms with E-state index in [1.165, 1.54) is 17.8 Å². The number of nitrogens with two attached hydrogens (primary N) is 2. The van der Waals surface area contributed by atoms with Gasteiger partial charge in [0.05, 0.1) is 11.4 Å². The lowest BCUT2D eigenvalue weighted by atomic mass is 10.1. The summed E-state index contributed by atoms with van der Waals surface area (Å²) in [4.78, 5) is 18.1. The number of anilines is 1. The van der Waals surface area contributed by atoms with E-state index in [9.17, 15) is 4.79 Å². The molecule has 0 amide bonds. The maximum absolute atomic E-state index is 11.4. The van der Waals surface area contributed by atoms with Gasteiger partial charge >= 0.3 is 0 Å². The molecule has 0 aliphatic carbocycles. The van der Waals surface area contributed by atoms with Crippen molar-refractivity contribution < 1.29 is 0 Å². The first-order valence-electron chi connectivity index (χ1n) is 5.73. The average molecular weight is 280 g/mol. The third-order valence-corrected chi connectivity index (χ3v) is 3.88. The number of nitrogens with zero attached hydrogens (tertiary/aromatic N) is 3. The fraction of sp³-hybridized carbons (Fsp3) is 0.364. The molecule has 0 spiro atoms. The van der Waals surface area contributed by atoms with Gasteiger partial charge in [0.2, 0.25) is 0 Å². The third kappa shape index (κ3) is 3.36. The van der Waals surface area contributed by atoms with E-state index in [4.69, 9.17) is 11.5 Å². The van der Waals surface area contributed by atoms with Crippen molar-refractivity contribution in [2.75, 3.05) is 5.73 Å². The van der Waals surface area contributed by atoms with Crippen LogP contribution in [0.25, 0.3) is 0 Å². The Balaban J connectivity index is 2.28. The minimum Gasteiger partial charge on any atom is -0.383 e. The summed E-state index contributed by atoms with van der Waals surface area (Å²) in [6.45, 7) is 1.90. The van der Waals surface area contributed by atoms with Gasteiger partial charge in [0.25, 0.3) is 5.56 Å². The zero-order valence-corrected chi connectivity index (χ0v) is 11.5. The summed E-state index contributed by atoms with van der Waals surface area (Å²) in [6.07, 6.45) is 3.65. The van der Waals surface area contributed by atoms with Crippen molar-refractivity contribution >= 4 is 17.6 Å². The SMILES string of the molecule is CC(N)C(Sc1nc(N)cc(=O)[nH]1)c1cnn(C)c1. The van der Waals surface area contributed by atoms with E-state index in [1.807, 2.05) is 20.2 Å². The van der Waals surface area contributed by atoms with E-state index < -0.39 is 0 Å². The maximum atomic E-state index is 11.4. The molecule has 102 valence electrons. The summed E-state index contributed by atoms with van der Waals surface area (Å²) in [5, 5.41) is 4.53. The quantitative estimate of drug-likeness (QED) is 0.547. The molecule has 7 nitrogen and oxygen atoms in total. The van der Waals surface area contributed by atoms with Gasteiger partial charge in [-0.15, -0.1) is 0 Å². The highest BCUT2D eigenvalue weighted by Crippen LogP contribution is 2.34. The van der Waals surface area contributed by atoms with Gasteiger partial charge in [-0.3, -0.25) is 9.48 Å². The lowest BCUT2D eigenvalue weighted by molar-refractivity contribution is 0.715. The van der Waals surface area contributed by atoms with Crippen molar-refractivity contribution in [3.63, 3.8) is 0 Å². The van der Waals surface area contributed by atoms with Crippen LogP contribution < -0.4 is 17.0 Å². The number of aryl methyl sites for hydroxylation is 1. The smallest absolute Gasteiger partial charge is 0.253 e. The number of nitrogen functional groups attached to an aromatic ring is 1. The summed E-state index contributed by atoms with van der Waals surface area (Å²) >= 11 is 1.37. The monoisotopic (exact) mass is 280 g/mol. The molecule has 2 heterocycles. The van der Waals surface area contributed by atoms with Gasteiger partial charge in [-0.05, 0) is 6.92 Å². The normalized spacial score (nSPS) is 14.3. The third-order valence-electron chi connectivity index (χ3n) is 2.51. The van der Waals surface area contributed by atoms with Crippen LogP contribution in [0.5, 0.6) is 0 Å². The molecule has 0 radical (unpaired) electrons. The first-order valence-corrected chi connectivity index (χ1v) is 6.61. The van der Waals surface area contributed by atoms with E-state index >= 15 is 0 Å². The summed E-state index contributed by atoms with van der Waals surface area (Å²) in [6, 6.07) is 1.12. The highest BCUT2D eigenvalue weighted by molar-refractivity contribution is 7.99. The Hall–Kier alpha value is -1.80. The van der Waals surface area contributed by atoms with E-state index in [0.717, 1.165) is 5.56 Å². The molecule has 2 atom stereocenters. The van der Waals surface area contributed by atoms with Crippen LogP contribution in [0.2, 0.25) is 0 Å². The molecule has 19 heavy (non-hydrogen) atoms. The Morgan fingerprint density at radius 1 is 1.53 bits per heavy atom. The Labute approximate surface area is 114 Å². The summed E-state index contributed by atoms with van der Waals surface area (Å²) in [5.74, 6) is 0.195. The topological polar surface area (TPSA) is 116 Å². The minimum atomic E-state index is -0.274. The van der Waals surface area contributed by atoms with Gasteiger partial charge in [-0.1, -0.05) is 11.8 Å². The van der Waals surface area contributed by atoms with E-state index in [1.54, 1.807) is 10.9 Å². The van der Waals surface area contributed by atoms with Crippen molar-refractivity contribution in [2.24, 2.45) is 12.8 Å². The van der Waals surface area contributed by atoms with Crippen molar-refractivity contribution in [1.29, 1.82) is 0 Å². The van der Waals surface area contributed by atoms with Crippen LogP contribution in [0.3, 0.4) is 0 Å². The highest BCUT2D eigenvalue weighted by Gasteiger charge is 2.20. The van der Waals surface area contributed by atoms with Gasteiger partial charge in [-0.25, -0.2) is 4.98 Å². The molecule has 0 bridgehead atoms. The fourth-order valence-electron chi connectivity index (χ4n) is 1.70. The average Bonchev–Trinajstić information content (AvgIpc) is 2.70. The molecular formula is C11H16N6OS. The largest absolute Gasteiger partial charge is 0.383 e. The van der Waals surface area contributed by atoms with Gasteiger partial charge in [0, 0.05) is 30.9 Å².